The zero-order valence-electron chi connectivity index (χ0n) is 9.56. The van der Waals surface area contributed by atoms with E-state index in [1.165, 1.54) is 6.33 Å². The van der Waals surface area contributed by atoms with Crippen LogP contribution >= 0.6 is 11.6 Å². The van der Waals surface area contributed by atoms with E-state index in [2.05, 4.69) is 14.9 Å². The average molecular weight is 259 g/mol. The van der Waals surface area contributed by atoms with Gasteiger partial charge in [0.15, 0.2) is 11.2 Å². The highest BCUT2D eigenvalue weighted by Crippen LogP contribution is 2.25. The van der Waals surface area contributed by atoms with Crippen molar-refractivity contribution in [3.8, 4) is 0 Å². The quantitative estimate of drug-likeness (QED) is 0.823. The smallest absolute Gasteiger partial charge is 0.327 e. The molecule has 0 spiro atoms. The highest BCUT2D eigenvalue weighted by Gasteiger charge is 2.32. The summed E-state index contributed by atoms with van der Waals surface area (Å²) in [6.07, 6.45) is 1.42. The fourth-order valence-corrected chi connectivity index (χ4v) is 2.23. The molecule has 94 valence electrons. The molecule has 1 atom stereocenters. The van der Waals surface area contributed by atoms with Crippen molar-refractivity contribution in [3.63, 3.8) is 0 Å². The first kappa shape index (κ1) is 12.3. The Balaban J connectivity index is 2.19. The van der Waals surface area contributed by atoms with Crippen molar-refractivity contribution in [2.75, 3.05) is 33.2 Å². The lowest BCUT2D eigenvalue weighted by atomic mass is 10.1. The minimum atomic E-state index is -0.902. The number of H-pyrrole nitrogens is 1. The molecule has 6 nitrogen and oxygen atoms in total. The van der Waals surface area contributed by atoms with Gasteiger partial charge in [0.2, 0.25) is 0 Å². The lowest BCUT2D eigenvalue weighted by molar-refractivity contribution is -0.144. The van der Waals surface area contributed by atoms with Crippen LogP contribution in [0.1, 0.15) is 11.7 Å². The third-order valence-electron chi connectivity index (χ3n) is 3.03. The normalized spacial score (nSPS) is 20.4. The van der Waals surface area contributed by atoms with E-state index in [1.807, 2.05) is 11.9 Å². The Bertz CT molecular complexity index is 401. The van der Waals surface area contributed by atoms with Crippen molar-refractivity contribution in [2.24, 2.45) is 0 Å². The summed E-state index contributed by atoms with van der Waals surface area (Å²) in [5, 5.41) is 9.56. The van der Waals surface area contributed by atoms with E-state index in [1.54, 1.807) is 0 Å². The van der Waals surface area contributed by atoms with Crippen LogP contribution in [-0.2, 0) is 4.79 Å². The maximum Gasteiger partial charge on any atom is 0.327 e. The van der Waals surface area contributed by atoms with Crippen molar-refractivity contribution in [2.45, 2.75) is 6.04 Å². The molecule has 0 saturated carbocycles. The van der Waals surface area contributed by atoms with Crippen LogP contribution in [0.2, 0.25) is 5.15 Å². The van der Waals surface area contributed by atoms with Gasteiger partial charge in [0.1, 0.15) is 0 Å². The molecule has 1 unspecified atom stereocenters. The summed E-state index contributed by atoms with van der Waals surface area (Å²) in [6, 6.07) is -0.737. The molecule has 2 N–H and O–H groups in total. The van der Waals surface area contributed by atoms with Crippen molar-refractivity contribution >= 4 is 17.6 Å². The SMILES string of the molecule is CN1CCN(C(C(=O)O)c2[nH]cnc2Cl)CC1. The predicted octanol–water partition coefficient (Wildman–Crippen LogP) is 0.436. The third kappa shape index (κ3) is 2.59. The van der Waals surface area contributed by atoms with E-state index in [9.17, 15) is 9.90 Å². The first-order valence-electron chi connectivity index (χ1n) is 5.43. The van der Waals surface area contributed by atoms with Crippen molar-refractivity contribution in [3.05, 3.63) is 17.2 Å². The second kappa shape index (κ2) is 5.03. The van der Waals surface area contributed by atoms with Gasteiger partial charge in [-0.2, -0.15) is 0 Å². The number of likely N-dealkylation sites (N-methyl/N-ethyl adjacent to an activating group) is 1. The second-order valence-electron chi connectivity index (χ2n) is 4.19. The van der Waals surface area contributed by atoms with Crippen molar-refractivity contribution in [1.82, 2.24) is 19.8 Å². The monoisotopic (exact) mass is 258 g/mol. The number of carbonyl (C=O) groups is 1. The molecule has 1 aliphatic heterocycles. The number of hydrogen-bond donors (Lipinski definition) is 2. The van der Waals surface area contributed by atoms with Crippen LogP contribution in [0.25, 0.3) is 0 Å². The Morgan fingerprint density at radius 2 is 2.18 bits per heavy atom. The summed E-state index contributed by atoms with van der Waals surface area (Å²) in [5.41, 5.74) is 0.462. The molecule has 1 aliphatic rings. The summed E-state index contributed by atoms with van der Waals surface area (Å²) in [5.74, 6) is -0.902. The van der Waals surface area contributed by atoms with Gasteiger partial charge < -0.3 is 15.0 Å². The Labute approximate surface area is 104 Å². The molecule has 1 aromatic rings. The number of nitrogens with zero attached hydrogens (tertiary/aromatic N) is 3. The van der Waals surface area contributed by atoms with Gasteiger partial charge in [0, 0.05) is 26.2 Å². The fourth-order valence-electron chi connectivity index (χ4n) is 2.02. The summed E-state index contributed by atoms with van der Waals surface area (Å²) < 4.78 is 0. The molecule has 0 bridgehead atoms. The Morgan fingerprint density at radius 1 is 1.53 bits per heavy atom. The number of imidazole rings is 1. The largest absolute Gasteiger partial charge is 0.480 e. The molecule has 0 radical (unpaired) electrons. The first-order chi connectivity index (χ1) is 8.09. The van der Waals surface area contributed by atoms with Gasteiger partial charge in [-0.1, -0.05) is 11.6 Å². The molecule has 17 heavy (non-hydrogen) atoms. The molecular weight excluding hydrogens is 244 g/mol. The van der Waals surface area contributed by atoms with Crippen LogP contribution < -0.4 is 0 Å². The van der Waals surface area contributed by atoms with Crippen molar-refractivity contribution < 1.29 is 9.90 Å². The highest BCUT2D eigenvalue weighted by atomic mass is 35.5. The minimum absolute atomic E-state index is 0.233. The molecule has 7 heteroatoms. The summed E-state index contributed by atoms with van der Waals surface area (Å²) >= 11 is 5.88. The van der Waals surface area contributed by atoms with E-state index < -0.39 is 12.0 Å². The van der Waals surface area contributed by atoms with Crippen molar-refractivity contribution in [1.29, 1.82) is 0 Å². The topological polar surface area (TPSA) is 72.5 Å². The standard InChI is InChI=1S/C10H15ClN4O2/c1-14-2-4-15(5-3-14)8(10(16)17)7-9(11)13-6-12-7/h6,8H,2-5H2,1H3,(H,12,13)(H,16,17). The number of nitrogens with one attached hydrogen (secondary N) is 1. The number of halogens is 1. The number of rotatable bonds is 3. The van der Waals surface area contributed by atoms with E-state index in [0.717, 1.165) is 13.1 Å². The second-order valence-corrected chi connectivity index (χ2v) is 4.55. The highest BCUT2D eigenvalue weighted by molar-refractivity contribution is 6.30. The van der Waals surface area contributed by atoms with E-state index in [0.29, 0.717) is 18.8 Å². The molecule has 0 amide bonds. The van der Waals surface area contributed by atoms with Gasteiger partial charge in [-0.05, 0) is 7.05 Å². The maximum atomic E-state index is 11.4. The van der Waals surface area contributed by atoms with Gasteiger partial charge in [-0.25, -0.2) is 4.98 Å². The van der Waals surface area contributed by atoms with Gasteiger partial charge in [-0.15, -0.1) is 0 Å². The molecule has 2 rings (SSSR count). The van der Waals surface area contributed by atoms with E-state index in [4.69, 9.17) is 11.6 Å². The van der Waals surface area contributed by atoms with Crippen LogP contribution in [0.5, 0.6) is 0 Å². The number of aromatic nitrogens is 2. The first-order valence-corrected chi connectivity index (χ1v) is 5.81. The predicted molar refractivity (Wildman–Crippen MR) is 63.0 cm³/mol. The molecule has 2 heterocycles. The van der Waals surface area contributed by atoms with Gasteiger partial charge in [0.25, 0.3) is 0 Å². The summed E-state index contributed by atoms with van der Waals surface area (Å²) in [4.78, 5) is 22.1. The minimum Gasteiger partial charge on any atom is -0.480 e. The fraction of sp³-hybridized carbons (Fsp3) is 0.600. The molecule has 0 aliphatic carbocycles. The van der Waals surface area contributed by atoms with Gasteiger partial charge >= 0.3 is 5.97 Å². The van der Waals surface area contributed by atoms with E-state index >= 15 is 0 Å². The zero-order valence-corrected chi connectivity index (χ0v) is 10.3. The number of aliphatic carboxylic acids is 1. The van der Waals surface area contributed by atoms with Crippen LogP contribution in [-0.4, -0.2) is 64.1 Å². The lowest BCUT2D eigenvalue weighted by Crippen LogP contribution is -2.48. The zero-order chi connectivity index (χ0) is 12.4. The summed E-state index contributed by atoms with van der Waals surface area (Å²) in [6.45, 7) is 3.14. The van der Waals surface area contributed by atoms with Crippen LogP contribution in [0.4, 0.5) is 0 Å². The van der Waals surface area contributed by atoms with Crippen LogP contribution in [0.3, 0.4) is 0 Å². The number of piperazine rings is 1. The molecule has 1 aromatic heterocycles. The molecular formula is C10H15ClN4O2. The average Bonchev–Trinajstić information content (AvgIpc) is 2.68. The Kier molecular flexibility index (Phi) is 3.66. The van der Waals surface area contributed by atoms with E-state index in [-0.39, 0.29) is 5.15 Å². The van der Waals surface area contributed by atoms with Crippen LogP contribution in [0, 0.1) is 0 Å². The Morgan fingerprint density at radius 3 is 2.65 bits per heavy atom. The molecule has 0 aromatic carbocycles. The van der Waals surface area contributed by atoms with Gasteiger partial charge in [0.05, 0.1) is 12.0 Å². The summed E-state index contributed by atoms with van der Waals surface area (Å²) in [7, 11) is 2.02. The number of hydrogen-bond acceptors (Lipinski definition) is 4. The number of aromatic amines is 1. The number of carboxylic acids is 1. The molecule has 1 saturated heterocycles. The maximum absolute atomic E-state index is 11.4. The van der Waals surface area contributed by atoms with Gasteiger partial charge in [-0.3, -0.25) is 9.69 Å². The lowest BCUT2D eigenvalue weighted by Gasteiger charge is -2.35. The van der Waals surface area contributed by atoms with Crippen LogP contribution in [0.15, 0.2) is 6.33 Å². The molecule has 1 fully saturated rings. The third-order valence-corrected chi connectivity index (χ3v) is 3.33. The number of carboxylic acid groups (broad SMARTS) is 1. The Hall–Kier alpha value is -1.11.